The largest absolute Gasteiger partial charge is 0.393 e. The van der Waals surface area contributed by atoms with Crippen molar-refractivity contribution in [3.63, 3.8) is 0 Å². The second-order valence-corrected chi connectivity index (χ2v) is 5.15. The third kappa shape index (κ3) is 6.74. The van der Waals surface area contributed by atoms with E-state index in [1.54, 1.807) is 4.68 Å². The van der Waals surface area contributed by atoms with Crippen molar-refractivity contribution in [3.05, 3.63) is 11.9 Å². The molecule has 0 bridgehead atoms. The zero-order chi connectivity index (χ0) is 13.2. The Kier molecular flexibility index (Phi) is 7.65. The quantitative estimate of drug-likeness (QED) is 0.652. The Morgan fingerprint density at radius 2 is 1.83 bits per heavy atom. The minimum Gasteiger partial charge on any atom is -0.393 e. The van der Waals surface area contributed by atoms with Gasteiger partial charge in [0.1, 0.15) is 0 Å². The third-order valence-electron chi connectivity index (χ3n) is 3.24. The predicted octanol–water partition coefficient (Wildman–Crippen LogP) is 2.86. The van der Waals surface area contributed by atoms with Crippen LogP contribution < -0.4 is 0 Å². The van der Waals surface area contributed by atoms with E-state index < -0.39 is 0 Å². The molecule has 0 spiro atoms. The molecule has 1 unspecified atom stereocenters. The first-order chi connectivity index (χ1) is 8.72. The van der Waals surface area contributed by atoms with E-state index in [1.165, 1.54) is 38.5 Å². The van der Waals surface area contributed by atoms with E-state index in [9.17, 15) is 5.11 Å². The van der Waals surface area contributed by atoms with Crippen molar-refractivity contribution in [1.29, 1.82) is 0 Å². The highest BCUT2D eigenvalue weighted by Crippen LogP contribution is 2.11. The lowest BCUT2D eigenvalue weighted by atomic mass is 10.0. The van der Waals surface area contributed by atoms with Gasteiger partial charge in [-0.1, -0.05) is 57.1 Å². The monoisotopic (exact) mass is 253 g/mol. The molecule has 0 aliphatic heterocycles. The summed E-state index contributed by atoms with van der Waals surface area (Å²) in [6.07, 6.45) is 12.1. The lowest BCUT2D eigenvalue weighted by Gasteiger charge is -2.08. The summed E-state index contributed by atoms with van der Waals surface area (Å²) in [5.74, 6) is 0. The van der Waals surface area contributed by atoms with Gasteiger partial charge >= 0.3 is 0 Å². The molecule has 0 radical (unpaired) electrons. The Bertz CT molecular complexity index is 312. The molecular formula is C14H27N3O. The lowest BCUT2D eigenvalue weighted by molar-refractivity contribution is 0.159. The summed E-state index contributed by atoms with van der Waals surface area (Å²) in [7, 11) is 1.85. The average Bonchev–Trinajstić information content (AvgIpc) is 2.73. The van der Waals surface area contributed by atoms with E-state index in [0.29, 0.717) is 6.42 Å². The van der Waals surface area contributed by atoms with Crippen molar-refractivity contribution in [1.82, 2.24) is 15.0 Å². The van der Waals surface area contributed by atoms with Crippen LogP contribution >= 0.6 is 0 Å². The van der Waals surface area contributed by atoms with E-state index in [-0.39, 0.29) is 6.10 Å². The maximum atomic E-state index is 9.88. The predicted molar refractivity (Wildman–Crippen MR) is 73.3 cm³/mol. The van der Waals surface area contributed by atoms with Crippen molar-refractivity contribution < 1.29 is 5.11 Å². The van der Waals surface area contributed by atoms with Gasteiger partial charge in [0.2, 0.25) is 0 Å². The molecule has 4 nitrogen and oxygen atoms in total. The van der Waals surface area contributed by atoms with Crippen LogP contribution in [-0.2, 0) is 13.5 Å². The Hall–Kier alpha value is -0.900. The van der Waals surface area contributed by atoms with Crippen LogP contribution in [0.15, 0.2) is 6.20 Å². The van der Waals surface area contributed by atoms with Crippen LogP contribution in [0.4, 0.5) is 0 Å². The molecule has 1 atom stereocenters. The second-order valence-electron chi connectivity index (χ2n) is 5.15. The van der Waals surface area contributed by atoms with Gasteiger partial charge in [-0.25, -0.2) is 0 Å². The van der Waals surface area contributed by atoms with Gasteiger partial charge in [-0.2, -0.15) is 0 Å². The SMILES string of the molecule is CCCCCCCCCC(O)Cc1cn(C)nn1. The van der Waals surface area contributed by atoms with Crippen molar-refractivity contribution >= 4 is 0 Å². The van der Waals surface area contributed by atoms with Crippen LogP contribution in [0.1, 0.15) is 64.0 Å². The number of nitrogens with zero attached hydrogens (tertiary/aromatic N) is 3. The molecule has 1 N–H and O–H groups in total. The van der Waals surface area contributed by atoms with Crippen LogP contribution in [0.5, 0.6) is 0 Å². The molecule has 0 saturated heterocycles. The molecule has 4 heteroatoms. The van der Waals surface area contributed by atoms with Gasteiger partial charge in [0.25, 0.3) is 0 Å². The van der Waals surface area contributed by atoms with E-state index >= 15 is 0 Å². The van der Waals surface area contributed by atoms with Gasteiger partial charge in [-0.3, -0.25) is 4.68 Å². The summed E-state index contributed by atoms with van der Waals surface area (Å²) in [6.45, 7) is 2.24. The topological polar surface area (TPSA) is 50.9 Å². The summed E-state index contributed by atoms with van der Waals surface area (Å²) < 4.78 is 1.68. The number of hydrogen-bond acceptors (Lipinski definition) is 3. The molecule has 0 aliphatic rings. The third-order valence-corrected chi connectivity index (χ3v) is 3.24. The molecular weight excluding hydrogens is 226 g/mol. The van der Waals surface area contributed by atoms with E-state index in [4.69, 9.17) is 0 Å². The fourth-order valence-corrected chi connectivity index (χ4v) is 2.17. The smallest absolute Gasteiger partial charge is 0.0852 e. The van der Waals surface area contributed by atoms with Gasteiger partial charge in [0, 0.05) is 19.7 Å². The van der Waals surface area contributed by atoms with Gasteiger partial charge < -0.3 is 5.11 Å². The molecule has 0 amide bonds. The first kappa shape index (κ1) is 15.2. The number of aliphatic hydroxyl groups is 1. The highest BCUT2D eigenvalue weighted by atomic mass is 16.3. The molecule has 0 saturated carbocycles. The maximum Gasteiger partial charge on any atom is 0.0852 e. The average molecular weight is 253 g/mol. The highest BCUT2D eigenvalue weighted by Gasteiger charge is 2.07. The maximum absolute atomic E-state index is 9.88. The van der Waals surface area contributed by atoms with Crippen LogP contribution in [0.3, 0.4) is 0 Å². The Morgan fingerprint density at radius 1 is 1.17 bits per heavy atom. The zero-order valence-electron chi connectivity index (χ0n) is 11.8. The van der Waals surface area contributed by atoms with E-state index in [1.807, 2.05) is 13.2 Å². The molecule has 1 heterocycles. The van der Waals surface area contributed by atoms with Crippen LogP contribution in [0.2, 0.25) is 0 Å². The van der Waals surface area contributed by atoms with Crippen LogP contribution in [-0.4, -0.2) is 26.2 Å². The standard InChI is InChI=1S/C14H27N3O/c1-3-4-5-6-7-8-9-10-14(18)11-13-12-17(2)16-15-13/h12,14,18H,3-11H2,1-2H3. The Labute approximate surface area is 110 Å². The number of aryl methyl sites for hydroxylation is 1. The molecule has 1 aromatic heterocycles. The zero-order valence-corrected chi connectivity index (χ0v) is 11.8. The molecule has 1 aromatic rings. The second kappa shape index (κ2) is 9.09. The molecule has 0 aliphatic carbocycles. The fourth-order valence-electron chi connectivity index (χ4n) is 2.17. The van der Waals surface area contributed by atoms with E-state index in [0.717, 1.165) is 18.5 Å². The van der Waals surface area contributed by atoms with Gasteiger partial charge in [-0.05, 0) is 6.42 Å². The first-order valence-electron chi connectivity index (χ1n) is 7.25. The fraction of sp³-hybridized carbons (Fsp3) is 0.857. The number of hydrogen-bond donors (Lipinski definition) is 1. The normalized spacial score (nSPS) is 12.8. The first-order valence-corrected chi connectivity index (χ1v) is 7.25. The van der Waals surface area contributed by atoms with Crippen molar-refractivity contribution in [2.75, 3.05) is 0 Å². The van der Waals surface area contributed by atoms with Crippen LogP contribution in [0, 0.1) is 0 Å². The number of aliphatic hydroxyl groups excluding tert-OH is 1. The molecule has 104 valence electrons. The number of unbranched alkanes of at least 4 members (excludes halogenated alkanes) is 6. The summed E-state index contributed by atoms with van der Waals surface area (Å²) in [5, 5.41) is 17.7. The van der Waals surface area contributed by atoms with Crippen molar-refractivity contribution in [2.45, 2.75) is 70.8 Å². The molecule has 1 rings (SSSR count). The highest BCUT2D eigenvalue weighted by molar-refractivity contribution is 4.93. The molecule has 0 aromatic carbocycles. The Morgan fingerprint density at radius 3 is 2.44 bits per heavy atom. The Balaban J connectivity index is 1.98. The van der Waals surface area contributed by atoms with Gasteiger partial charge in [0.05, 0.1) is 11.8 Å². The van der Waals surface area contributed by atoms with E-state index in [2.05, 4.69) is 17.2 Å². The van der Waals surface area contributed by atoms with Gasteiger partial charge in [-0.15, -0.1) is 5.10 Å². The minimum absolute atomic E-state index is 0.266. The van der Waals surface area contributed by atoms with Crippen molar-refractivity contribution in [3.8, 4) is 0 Å². The summed E-state index contributed by atoms with van der Waals surface area (Å²) in [4.78, 5) is 0. The summed E-state index contributed by atoms with van der Waals surface area (Å²) in [5.41, 5.74) is 0.882. The number of rotatable bonds is 10. The van der Waals surface area contributed by atoms with Gasteiger partial charge in [0.15, 0.2) is 0 Å². The summed E-state index contributed by atoms with van der Waals surface area (Å²) >= 11 is 0. The molecule has 0 fully saturated rings. The minimum atomic E-state index is -0.266. The summed E-state index contributed by atoms with van der Waals surface area (Å²) in [6, 6.07) is 0. The lowest BCUT2D eigenvalue weighted by Crippen LogP contribution is -2.10. The molecule has 18 heavy (non-hydrogen) atoms. The van der Waals surface area contributed by atoms with Crippen LogP contribution in [0.25, 0.3) is 0 Å². The number of aromatic nitrogens is 3. The van der Waals surface area contributed by atoms with Crippen molar-refractivity contribution in [2.24, 2.45) is 7.05 Å².